The number of amides is 1. The molecule has 0 radical (unpaired) electrons. The van der Waals surface area contributed by atoms with Crippen molar-refractivity contribution in [3.63, 3.8) is 0 Å². The number of nitrogens with zero attached hydrogens (tertiary/aromatic N) is 1. The molecule has 1 fully saturated rings. The van der Waals surface area contributed by atoms with E-state index in [0.29, 0.717) is 13.1 Å². The first-order valence-electron chi connectivity index (χ1n) is 8.03. The molecular formula is C18H19NO6. The molecule has 0 spiro atoms. The van der Waals surface area contributed by atoms with Crippen LogP contribution in [0.25, 0.3) is 0 Å². The van der Waals surface area contributed by atoms with E-state index in [2.05, 4.69) is 0 Å². The topological polar surface area (TPSA) is 89.2 Å². The molecule has 0 saturated carbocycles. The lowest BCUT2D eigenvalue weighted by Crippen LogP contribution is -2.33. The Morgan fingerprint density at radius 1 is 1.20 bits per heavy atom. The van der Waals surface area contributed by atoms with Crippen LogP contribution in [0.3, 0.4) is 0 Å². The average Bonchev–Trinajstić information content (AvgIpc) is 3.24. The molecule has 7 heteroatoms. The summed E-state index contributed by atoms with van der Waals surface area (Å²) in [5.74, 6) is -1.09. The Hall–Kier alpha value is -2.96. The lowest BCUT2D eigenvalue weighted by molar-refractivity contribution is -0.0698. The van der Waals surface area contributed by atoms with Gasteiger partial charge in [0.15, 0.2) is 0 Å². The SMILES string of the molecule is CC(OC(=O)c1ccc(O)o1)OC(=O)N1CCC(c2ccccc2)C1. The lowest BCUT2D eigenvalue weighted by atomic mass is 9.99. The molecule has 2 atom stereocenters. The van der Waals surface area contributed by atoms with Gasteiger partial charge in [-0.05, 0) is 18.1 Å². The largest absolute Gasteiger partial charge is 0.481 e. The van der Waals surface area contributed by atoms with Crippen LogP contribution in [-0.2, 0) is 9.47 Å². The smallest absolute Gasteiger partial charge is 0.412 e. The summed E-state index contributed by atoms with van der Waals surface area (Å²) in [6.45, 7) is 2.60. The van der Waals surface area contributed by atoms with Crippen LogP contribution in [-0.4, -0.2) is 41.4 Å². The van der Waals surface area contributed by atoms with Gasteiger partial charge in [-0.1, -0.05) is 30.3 Å². The van der Waals surface area contributed by atoms with Crippen LogP contribution >= 0.6 is 0 Å². The number of hydrogen-bond acceptors (Lipinski definition) is 6. The van der Waals surface area contributed by atoms with Gasteiger partial charge < -0.3 is 23.9 Å². The van der Waals surface area contributed by atoms with E-state index in [1.165, 1.54) is 24.6 Å². The summed E-state index contributed by atoms with van der Waals surface area (Å²) >= 11 is 0. The molecule has 1 aromatic carbocycles. The molecule has 7 nitrogen and oxygen atoms in total. The Balaban J connectivity index is 1.49. The standard InChI is InChI=1S/C18H19NO6/c1-12(23-17(21)15-7-8-16(20)25-15)24-18(22)19-10-9-14(11-19)13-5-3-2-4-6-13/h2-8,12,14,20H,9-11H2,1H3. The van der Waals surface area contributed by atoms with E-state index in [0.717, 1.165) is 6.42 Å². The van der Waals surface area contributed by atoms with Gasteiger partial charge in [0.25, 0.3) is 5.95 Å². The molecule has 1 amide bonds. The molecule has 1 N–H and O–H groups in total. The maximum absolute atomic E-state index is 12.2. The second kappa shape index (κ2) is 7.29. The zero-order valence-electron chi connectivity index (χ0n) is 13.8. The first-order valence-corrected chi connectivity index (χ1v) is 8.03. The summed E-state index contributed by atoms with van der Waals surface area (Å²) in [6.07, 6.45) is -0.733. The molecule has 2 unspecified atom stereocenters. The van der Waals surface area contributed by atoms with Gasteiger partial charge in [0.1, 0.15) is 0 Å². The highest BCUT2D eigenvalue weighted by Crippen LogP contribution is 2.27. The average molecular weight is 345 g/mol. The van der Waals surface area contributed by atoms with Crippen molar-refractivity contribution in [1.82, 2.24) is 4.90 Å². The number of esters is 1. The third-order valence-corrected chi connectivity index (χ3v) is 4.05. The van der Waals surface area contributed by atoms with Crippen molar-refractivity contribution in [2.24, 2.45) is 0 Å². The van der Waals surface area contributed by atoms with Crippen LogP contribution in [0.1, 0.15) is 35.4 Å². The molecule has 25 heavy (non-hydrogen) atoms. The zero-order chi connectivity index (χ0) is 17.8. The highest BCUT2D eigenvalue weighted by Gasteiger charge is 2.29. The Morgan fingerprint density at radius 3 is 2.64 bits per heavy atom. The second-order valence-corrected chi connectivity index (χ2v) is 5.84. The summed E-state index contributed by atoms with van der Waals surface area (Å²) in [4.78, 5) is 25.6. The minimum atomic E-state index is -1.07. The Bertz CT molecular complexity index is 741. The van der Waals surface area contributed by atoms with Crippen LogP contribution in [0.4, 0.5) is 4.79 Å². The minimum absolute atomic E-state index is 0.161. The van der Waals surface area contributed by atoms with Gasteiger partial charge in [-0.25, -0.2) is 9.59 Å². The van der Waals surface area contributed by atoms with Crippen molar-refractivity contribution in [3.8, 4) is 5.95 Å². The molecule has 2 heterocycles. The highest BCUT2D eigenvalue weighted by molar-refractivity contribution is 5.86. The summed E-state index contributed by atoms with van der Waals surface area (Å²) in [7, 11) is 0. The van der Waals surface area contributed by atoms with E-state index in [9.17, 15) is 9.59 Å². The number of likely N-dealkylation sites (tertiary alicyclic amines) is 1. The number of carbonyl (C=O) groups excluding carboxylic acids is 2. The molecular weight excluding hydrogens is 326 g/mol. The molecule has 2 aromatic rings. The van der Waals surface area contributed by atoms with Crippen LogP contribution in [0, 0.1) is 0 Å². The molecule has 132 valence electrons. The van der Waals surface area contributed by atoms with E-state index < -0.39 is 18.4 Å². The molecule has 1 aromatic heterocycles. The molecule has 3 rings (SSSR count). The number of carbonyl (C=O) groups is 2. The van der Waals surface area contributed by atoms with Crippen LogP contribution in [0.15, 0.2) is 46.9 Å². The molecule has 1 aliphatic rings. The molecule has 0 aliphatic carbocycles. The molecule has 1 aliphatic heterocycles. The number of hydrogen-bond donors (Lipinski definition) is 1. The minimum Gasteiger partial charge on any atom is -0.481 e. The van der Waals surface area contributed by atoms with Crippen molar-refractivity contribution >= 4 is 12.1 Å². The summed E-state index contributed by atoms with van der Waals surface area (Å²) < 4.78 is 14.9. The van der Waals surface area contributed by atoms with E-state index in [-0.39, 0.29) is 17.6 Å². The Labute approximate surface area is 144 Å². The van der Waals surface area contributed by atoms with Gasteiger partial charge in [0, 0.05) is 32.0 Å². The summed E-state index contributed by atoms with van der Waals surface area (Å²) in [5.41, 5.74) is 1.19. The first kappa shape index (κ1) is 16.9. The number of aromatic hydroxyl groups is 1. The fourth-order valence-corrected chi connectivity index (χ4v) is 2.81. The third kappa shape index (κ3) is 4.12. The van der Waals surface area contributed by atoms with Gasteiger partial charge in [-0.15, -0.1) is 0 Å². The van der Waals surface area contributed by atoms with Gasteiger partial charge in [0.2, 0.25) is 12.1 Å². The van der Waals surface area contributed by atoms with E-state index in [4.69, 9.17) is 19.0 Å². The van der Waals surface area contributed by atoms with Gasteiger partial charge in [0.05, 0.1) is 0 Å². The van der Waals surface area contributed by atoms with Crippen LogP contribution in [0.2, 0.25) is 0 Å². The fraction of sp³-hybridized carbons (Fsp3) is 0.333. The fourth-order valence-electron chi connectivity index (χ4n) is 2.81. The predicted octanol–water partition coefficient (Wildman–Crippen LogP) is 3.11. The number of rotatable bonds is 4. The Morgan fingerprint density at radius 2 is 1.96 bits per heavy atom. The van der Waals surface area contributed by atoms with Gasteiger partial charge >= 0.3 is 12.1 Å². The third-order valence-electron chi connectivity index (χ3n) is 4.05. The molecule has 0 bridgehead atoms. The lowest BCUT2D eigenvalue weighted by Gasteiger charge is -2.19. The number of furan rings is 1. The van der Waals surface area contributed by atoms with Crippen molar-refractivity contribution in [1.29, 1.82) is 0 Å². The quantitative estimate of drug-likeness (QED) is 0.676. The van der Waals surface area contributed by atoms with Crippen molar-refractivity contribution in [2.45, 2.75) is 25.6 Å². The van der Waals surface area contributed by atoms with E-state index >= 15 is 0 Å². The van der Waals surface area contributed by atoms with Crippen LogP contribution < -0.4 is 0 Å². The summed E-state index contributed by atoms with van der Waals surface area (Å²) in [6, 6.07) is 12.5. The van der Waals surface area contributed by atoms with Gasteiger partial charge in [-0.3, -0.25) is 0 Å². The number of ether oxygens (including phenoxy) is 2. The highest BCUT2D eigenvalue weighted by atomic mass is 16.7. The zero-order valence-corrected chi connectivity index (χ0v) is 13.8. The predicted molar refractivity (Wildman–Crippen MR) is 87.1 cm³/mol. The van der Waals surface area contributed by atoms with Gasteiger partial charge in [-0.2, -0.15) is 0 Å². The van der Waals surface area contributed by atoms with E-state index in [1.807, 2.05) is 30.3 Å². The van der Waals surface area contributed by atoms with Crippen molar-refractivity contribution in [2.75, 3.05) is 13.1 Å². The summed E-state index contributed by atoms with van der Waals surface area (Å²) in [5, 5.41) is 9.08. The maximum Gasteiger partial charge on any atom is 0.412 e. The normalized spacial score (nSPS) is 18.0. The number of benzene rings is 1. The van der Waals surface area contributed by atoms with Crippen molar-refractivity contribution < 1.29 is 28.6 Å². The van der Waals surface area contributed by atoms with E-state index in [1.54, 1.807) is 4.90 Å². The first-order chi connectivity index (χ1) is 12.0. The molecule has 1 saturated heterocycles. The monoisotopic (exact) mass is 345 g/mol. The second-order valence-electron chi connectivity index (χ2n) is 5.84. The van der Waals surface area contributed by atoms with Crippen molar-refractivity contribution in [3.05, 3.63) is 53.8 Å². The Kier molecular flexibility index (Phi) is 4.92. The maximum atomic E-state index is 12.2. The van der Waals surface area contributed by atoms with Crippen LogP contribution in [0.5, 0.6) is 5.95 Å².